The van der Waals surface area contributed by atoms with Crippen molar-refractivity contribution < 1.29 is 57.1 Å². The van der Waals surface area contributed by atoms with Crippen LogP contribution in [0.2, 0.25) is 0 Å². The summed E-state index contributed by atoms with van der Waals surface area (Å²) in [4.78, 5) is 68.4. The molecule has 15 nitrogen and oxygen atoms in total. The molecule has 5 aromatic carbocycles. The van der Waals surface area contributed by atoms with E-state index in [4.69, 9.17) is 33.2 Å². The van der Waals surface area contributed by atoms with E-state index in [0.717, 1.165) is 22.2 Å². The summed E-state index contributed by atoms with van der Waals surface area (Å²) in [5.41, 5.74) is 1.26. The molecule has 0 aliphatic heterocycles. The van der Waals surface area contributed by atoms with Crippen molar-refractivity contribution in [2.45, 2.75) is 38.7 Å². The average molecular weight is 914 g/mol. The number of unbranched alkanes of at least 4 members (excludes halogenated alkanes) is 1. The lowest BCUT2D eigenvalue weighted by Crippen LogP contribution is -2.29. The number of carbonyl (C=O) groups excluding carboxylic acids is 5. The number of hydrogen-bond acceptors (Lipinski definition) is 15. The summed E-state index contributed by atoms with van der Waals surface area (Å²) in [6.07, 6.45) is 4.72. The topological polar surface area (TPSA) is 178 Å². The fourth-order valence-corrected chi connectivity index (χ4v) is 7.10. The molecule has 1 aromatic heterocycles. The van der Waals surface area contributed by atoms with E-state index in [-0.39, 0.29) is 60.3 Å². The third kappa shape index (κ3) is 13.4. The SMILES string of the molecule is C=CC(=O)OCCCCOCC(COc1ccc2cc(C(=O)Oc3ccc(C(=O)Oc4ccc(OC)cc4)cc3/C=N/N(C(=O)CCC)c3nc4ccccc4s3)ccc2c1)OC(=O)C=C. The predicted octanol–water partition coefficient (Wildman–Crippen LogP) is 9.07. The Morgan fingerprint density at radius 2 is 1.44 bits per heavy atom. The Labute approximate surface area is 384 Å². The maximum Gasteiger partial charge on any atom is 0.343 e. The Hall–Kier alpha value is -7.69. The van der Waals surface area contributed by atoms with Crippen molar-refractivity contribution in [2.75, 3.05) is 38.5 Å². The molecule has 340 valence electrons. The molecule has 1 heterocycles. The Balaban J connectivity index is 1.18. The molecule has 0 radical (unpaired) electrons. The van der Waals surface area contributed by atoms with Crippen LogP contribution in [-0.2, 0) is 28.6 Å². The number of hydrogen-bond donors (Lipinski definition) is 0. The summed E-state index contributed by atoms with van der Waals surface area (Å²) in [6, 6.07) is 28.6. The van der Waals surface area contributed by atoms with Crippen LogP contribution in [0.25, 0.3) is 21.0 Å². The van der Waals surface area contributed by atoms with Crippen molar-refractivity contribution in [2.24, 2.45) is 5.10 Å². The summed E-state index contributed by atoms with van der Waals surface area (Å²) in [5.74, 6) is -1.39. The summed E-state index contributed by atoms with van der Waals surface area (Å²) in [6.45, 7) is 9.33. The zero-order valence-corrected chi connectivity index (χ0v) is 37.2. The van der Waals surface area contributed by atoms with Crippen molar-refractivity contribution in [3.63, 3.8) is 0 Å². The number of amides is 1. The van der Waals surface area contributed by atoms with Crippen molar-refractivity contribution in [3.05, 3.63) is 145 Å². The highest BCUT2D eigenvalue weighted by molar-refractivity contribution is 7.22. The van der Waals surface area contributed by atoms with Crippen molar-refractivity contribution in [3.8, 4) is 23.0 Å². The van der Waals surface area contributed by atoms with E-state index in [2.05, 4.69) is 23.2 Å². The first kappa shape index (κ1) is 47.8. The molecule has 0 aliphatic carbocycles. The maximum absolute atomic E-state index is 13.8. The van der Waals surface area contributed by atoms with Crippen molar-refractivity contribution in [1.82, 2.24) is 4.98 Å². The van der Waals surface area contributed by atoms with Gasteiger partial charge in [0.2, 0.25) is 11.0 Å². The van der Waals surface area contributed by atoms with Crippen LogP contribution < -0.4 is 24.0 Å². The van der Waals surface area contributed by atoms with Gasteiger partial charge in [0.15, 0.2) is 6.10 Å². The first-order valence-corrected chi connectivity index (χ1v) is 21.7. The van der Waals surface area contributed by atoms with E-state index in [0.29, 0.717) is 53.4 Å². The third-order valence-electron chi connectivity index (χ3n) is 9.52. The highest BCUT2D eigenvalue weighted by Crippen LogP contribution is 2.31. The fourth-order valence-electron chi connectivity index (χ4n) is 6.16. The van der Waals surface area contributed by atoms with E-state index < -0.39 is 30.0 Å². The molecule has 1 unspecified atom stereocenters. The van der Waals surface area contributed by atoms with Crippen LogP contribution in [0.3, 0.4) is 0 Å². The van der Waals surface area contributed by atoms with Gasteiger partial charge in [-0.15, -0.1) is 0 Å². The Morgan fingerprint density at radius 1 is 0.758 bits per heavy atom. The van der Waals surface area contributed by atoms with Gasteiger partial charge in [-0.05, 0) is 109 Å². The number of methoxy groups -OCH3 is 1. The number of thiazole rings is 1. The number of fused-ring (bicyclic) bond motifs is 2. The lowest BCUT2D eigenvalue weighted by atomic mass is 10.1. The highest BCUT2D eigenvalue weighted by atomic mass is 32.1. The van der Waals surface area contributed by atoms with Crippen LogP contribution in [0.1, 0.15) is 58.9 Å². The maximum atomic E-state index is 13.8. The van der Waals surface area contributed by atoms with Gasteiger partial charge in [0, 0.05) is 30.7 Å². The van der Waals surface area contributed by atoms with Crippen LogP contribution in [-0.4, -0.2) is 80.6 Å². The standard InChI is InChI=1S/C50H47N3O12S/c1-5-12-45(54)53(50-52-42-13-8-9-14-44(42)66-50)51-30-37-28-36(48(57)64-39-22-20-38(59-4)21-23-39)18-24-43(37)65-49(58)35-16-15-34-29-40(19-17-33(34)27-35)62-32-41(63-47(56)7-3)31-60-25-10-11-26-61-46(55)6-2/h6-9,13-24,27-30,41H,2-3,5,10-12,25-26,31-32H2,1,4H3/b51-30+. The van der Waals surface area contributed by atoms with Gasteiger partial charge in [-0.1, -0.05) is 55.7 Å². The van der Waals surface area contributed by atoms with Crippen molar-refractivity contribution >= 4 is 73.5 Å². The lowest BCUT2D eigenvalue weighted by Gasteiger charge is -2.18. The van der Waals surface area contributed by atoms with Gasteiger partial charge in [0.05, 0.1) is 47.9 Å². The molecular formula is C50H47N3O12S. The van der Waals surface area contributed by atoms with Gasteiger partial charge >= 0.3 is 23.9 Å². The second-order valence-electron chi connectivity index (χ2n) is 14.3. The summed E-state index contributed by atoms with van der Waals surface area (Å²) >= 11 is 1.30. The number of benzene rings is 5. The second-order valence-corrected chi connectivity index (χ2v) is 15.3. The van der Waals surface area contributed by atoms with Crippen LogP contribution in [0.5, 0.6) is 23.0 Å². The number of aromatic nitrogens is 1. The quantitative estimate of drug-likeness (QED) is 0.0149. The molecule has 0 saturated carbocycles. The number of nitrogens with zero attached hydrogens (tertiary/aromatic N) is 3. The van der Waals surface area contributed by atoms with Crippen molar-refractivity contribution in [1.29, 1.82) is 0 Å². The summed E-state index contributed by atoms with van der Waals surface area (Å²) in [7, 11) is 1.53. The monoisotopic (exact) mass is 913 g/mol. The van der Waals surface area contributed by atoms with E-state index in [1.54, 1.807) is 60.7 Å². The summed E-state index contributed by atoms with van der Waals surface area (Å²) in [5, 5.41) is 7.55. The molecule has 6 aromatic rings. The summed E-state index contributed by atoms with van der Waals surface area (Å²) < 4.78 is 39.6. The number of rotatable bonds is 23. The molecule has 1 atom stereocenters. The van der Waals surface area contributed by atoms with Gasteiger partial charge < -0.3 is 33.2 Å². The minimum absolute atomic E-state index is 0.0127. The Kier molecular flexibility index (Phi) is 17.3. The smallest absolute Gasteiger partial charge is 0.343 e. The van der Waals surface area contributed by atoms with Crippen LogP contribution in [0.15, 0.2) is 134 Å². The third-order valence-corrected chi connectivity index (χ3v) is 10.5. The average Bonchev–Trinajstić information content (AvgIpc) is 3.77. The van der Waals surface area contributed by atoms with E-state index in [9.17, 15) is 24.0 Å². The minimum Gasteiger partial charge on any atom is -0.497 e. The normalized spacial score (nSPS) is 11.4. The molecule has 66 heavy (non-hydrogen) atoms. The number of para-hydroxylation sites is 1. The first-order valence-electron chi connectivity index (χ1n) is 20.9. The number of carbonyl (C=O) groups is 5. The van der Waals surface area contributed by atoms with Gasteiger partial charge in [0.25, 0.3) is 0 Å². The fraction of sp³-hybridized carbons (Fsp3) is 0.220. The van der Waals surface area contributed by atoms with E-state index >= 15 is 0 Å². The molecule has 6 rings (SSSR count). The molecule has 0 spiro atoms. The molecule has 0 bridgehead atoms. The van der Waals surface area contributed by atoms with Gasteiger partial charge in [-0.2, -0.15) is 10.1 Å². The van der Waals surface area contributed by atoms with Crippen LogP contribution >= 0.6 is 11.3 Å². The minimum atomic E-state index is -0.738. The predicted molar refractivity (Wildman–Crippen MR) is 250 cm³/mol. The number of anilines is 1. The molecule has 0 N–H and O–H groups in total. The van der Waals surface area contributed by atoms with Gasteiger partial charge in [-0.25, -0.2) is 24.2 Å². The molecule has 1 amide bonds. The van der Waals surface area contributed by atoms with Gasteiger partial charge in [0.1, 0.15) is 29.6 Å². The Morgan fingerprint density at radius 3 is 2.20 bits per heavy atom. The number of ether oxygens (including phenoxy) is 7. The van der Waals surface area contributed by atoms with E-state index in [1.165, 1.54) is 47.9 Å². The molecular weight excluding hydrogens is 867 g/mol. The number of hydrazone groups is 1. The van der Waals surface area contributed by atoms with Gasteiger partial charge in [-0.3, -0.25) is 4.79 Å². The first-order chi connectivity index (χ1) is 32.1. The molecule has 0 aliphatic rings. The zero-order valence-electron chi connectivity index (χ0n) is 36.3. The van der Waals surface area contributed by atoms with Crippen LogP contribution in [0.4, 0.5) is 5.13 Å². The molecule has 16 heteroatoms. The Bertz CT molecular complexity index is 2700. The largest absolute Gasteiger partial charge is 0.497 e. The second kappa shape index (κ2) is 23.8. The zero-order chi connectivity index (χ0) is 46.8. The van der Waals surface area contributed by atoms with E-state index in [1.807, 2.05) is 31.2 Å². The highest BCUT2D eigenvalue weighted by Gasteiger charge is 2.21. The number of esters is 4. The molecule has 0 saturated heterocycles. The van der Waals surface area contributed by atoms with Crippen LogP contribution in [0, 0.1) is 0 Å². The molecule has 0 fully saturated rings. The lowest BCUT2D eigenvalue weighted by molar-refractivity contribution is -0.148.